The Labute approximate surface area is 96.0 Å². The van der Waals surface area contributed by atoms with Gasteiger partial charge in [0, 0.05) is 18.3 Å². The van der Waals surface area contributed by atoms with Gasteiger partial charge < -0.3 is 15.6 Å². The summed E-state index contributed by atoms with van der Waals surface area (Å²) < 4.78 is 0. The zero-order chi connectivity index (χ0) is 11.0. The highest BCUT2D eigenvalue weighted by atomic mass is 16.5. The van der Waals surface area contributed by atoms with Crippen molar-refractivity contribution >= 4 is 5.69 Å². The molecule has 0 amide bonds. The summed E-state index contributed by atoms with van der Waals surface area (Å²) in [5, 5.41) is 16.5. The molecule has 1 atom stereocenters. The fraction of sp³-hybridized carbons (Fsp3) is 0.538. The highest BCUT2D eigenvalue weighted by Crippen LogP contribution is 2.35. The third-order valence-corrected chi connectivity index (χ3v) is 3.72. The van der Waals surface area contributed by atoms with E-state index in [-0.39, 0.29) is 6.04 Å². The van der Waals surface area contributed by atoms with Gasteiger partial charge in [0.1, 0.15) is 0 Å². The highest BCUT2D eigenvalue weighted by molar-refractivity contribution is 5.60. The fourth-order valence-electron chi connectivity index (χ4n) is 2.89. The summed E-state index contributed by atoms with van der Waals surface area (Å²) in [6, 6.07) is 8.78. The van der Waals surface area contributed by atoms with Crippen LogP contribution in [0.15, 0.2) is 24.3 Å². The molecule has 1 aliphatic heterocycles. The van der Waals surface area contributed by atoms with Crippen molar-refractivity contribution < 1.29 is 0 Å². The summed E-state index contributed by atoms with van der Waals surface area (Å²) in [4.78, 5) is 0. The van der Waals surface area contributed by atoms with E-state index in [4.69, 9.17) is 0 Å². The van der Waals surface area contributed by atoms with E-state index >= 15 is 0 Å². The molecule has 1 saturated carbocycles. The molecule has 0 aromatic heterocycles. The van der Waals surface area contributed by atoms with Crippen molar-refractivity contribution in [2.75, 3.05) is 11.6 Å². The third kappa shape index (κ3) is 1.70. The minimum Gasteiger partial charge on any atom is -0.758 e. The lowest BCUT2D eigenvalue weighted by Gasteiger charge is -2.26. The molecule has 1 aromatic rings. The van der Waals surface area contributed by atoms with Crippen LogP contribution in [-0.4, -0.2) is 12.6 Å². The second kappa shape index (κ2) is 4.07. The quantitative estimate of drug-likeness (QED) is 0.827. The predicted octanol–water partition coefficient (Wildman–Crippen LogP) is 2.58. The van der Waals surface area contributed by atoms with Gasteiger partial charge >= 0.3 is 0 Å². The van der Waals surface area contributed by atoms with Crippen LogP contribution in [0.2, 0.25) is 0 Å². The third-order valence-electron chi connectivity index (χ3n) is 3.72. The number of hydrogen-bond acceptors (Lipinski definition) is 3. The summed E-state index contributed by atoms with van der Waals surface area (Å²) in [5.41, 5.74) is 2.02. The Morgan fingerprint density at radius 1 is 1.19 bits per heavy atom. The SMILES string of the molecule is [O-]N1CC(NC2CCCC2)c2ccccc21. The molecule has 3 nitrogen and oxygen atoms in total. The van der Waals surface area contributed by atoms with Crippen molar-refractivity contribution in [1.29, 1.82) is 0 Å². The van der Waals surface area contributed by atoms with Crippen molar-refractivity contribution in [3.8, 4) is 0 Å². The van der Waals surface area contributed by atoms with Crippen LogP contribution in [0, 0.1) is 5.21 Å². The van der Waals surface area contributed by atoms with Crippen LogP contribution in [0.1, 0.15) is 37.3 Å². The van der Waals surface area contributed by atoms with Crippen molar-refractivity contribution in [3.63, 3.8) is 0 Å². The molecule has 0 bridgehead atoms. The number of nitrogens with one attached hydrogen (secondary N) is 1. The average molecular weight is 217 g/mol. The lowest BCUT2D eigenvalue weighted by Crippen LogP contribution is -2.32. The molecule has 0 saturated heterocycles. The lowest BCUT2D eigenvalue weighted by molar-refractivity contribution is 0.455. The monoisotopic (exact) mass is 217 g/mol. The number of rotatable bonds is 2. The van der Waals surface area contributed by atoms with Crippen LogP contribution < -0.4 is 10.4 Å². The van der Waals surface area contributed by atoms with Crippen LogP contribution in [0.3, 0.4) is 0 Å². The van der Waals surface area contributed by atoms with E-state index in [0.29, 0.717) is 12.6 Å². The molecule has 3 heteroatoms. The van der Waals surface area contributed by atoms with Crippen LogP contribution in [0.5, 0.6) is 0 Å². The Kier molecular flexibility index (Phi) is 2.58. The molecule has 1 heterocycles. The highest BCUT2D eigenvalue weighted by Gasteiger charge is 2.26. The molecule has 1 N–H and O–H groups in total. The molecular formula is C13H17N2O-. The average Bonchev–Trinajstić information content (AvgIpc) is 2.90. The number of hydrogen-bond donors (Lipinski definition) is 1. The first-order chi connectivity index (χ1) is 7.84. The van der Waals surface area contributed by atoms with Crippen LogP contribution in [-0.2, 0) is 0 Å². The normalized spacial score (nSPS) is 25.1. The second-order valence-corrected chi connectivity index (χ2v) is 4.82. The minimum absolute atomic E-state index is 0.233. The van der Waals surface area contributed by atoms with Crippen LogP contribution in [0.4, 0.5) is 5.69 Å². The number of para-hydroxylation sites is 1. The van der Waals surface area contributed by atoms with E-state index in [0.717, 1.165) is 10.8 Å². The predicted molar refractivity (Wildman–Crippen MR) is 65.3 cm³/mol. The van der Waals surface area contributed by atoms with Crippen LogP contribution in [0.25, 0.3) is 0 Å². The van der Waals surface area contributed by atoms with Gasteiger partial charge in [-0.25, -0.2) is 0 Å². The van der Waals surface area contributed by atoms with Gasteiger partial charge in [0.15, 0.2) is 0 Å². The zero-order valence-corrected chi connectivity index (χ0v) is 9.36. The van der Waals surface area contributed by atoms with Gasteiger partial charge in [-0.1, -0.05) is 31.0 Å². The van der Waals surface area contributed by atoms with Crippen molar-refractivity contribution in [1.82, 2.24) is 5.32 Å². The molecule has 86 valence electrons. The molecular weight excluding hydrogens is 200 g/mol. The van der Waals surface area contributed by atoms with E-state index in [1.165, 1.54) is 31.2 Å². The van der Waals surface area contributed by atoms with Gasteiger partial charge in [-0.15, -0.1) is 0 Å². The first kappa shape index (κ1) is 10.1. The zero-order valence-electron chi connectivity index (χ0n) is 9.36. The van der Waals surface area contributed by atoms with Crippen molar-refractivity contribution in [3.05, 3.63) is 35.0 Å². The van der Waals surface area contributed by atoms with E-state index in [1.807, 2.05) is 18.2 Å². The van der Waals surface area contributed by atoms with Gasteiger partial charge in [0.2, 0.25) is 0 Å². The number of hydroxylamine groups is 1. The number of anilines is 1. The number of benzene rings is 1. The Balaban J connectivity index is 1.77. The van der Waals surface area contributed by atoms with Gasteiger partial charge in [0.25, 0.3) is 0 Å². The molecule has 1 aliphatic carbocycles. The first-order valence-corrected chi connectivity index (χ1v) is 6.14. The van der Waals surface area contributed by atoms with Gasteiger partial charge in [-0.2, -0.15) is 0 Å². The maximum absolute atomic E-state index is 11.7. The molecule has 0 radical (unpaired) electrons. The number of nitrogens with zero attached hydrogens (tertiary/aromatic N) is 1. The summed E-state index contributed by atoms with van der Waals surface area (Å²) in [6.07, 6.45) is 5.18. The molecule has 1 fully saturated rings. The van der Waals surface area contributed by atoms with E-state index in [9.17, 15) is 5.21 Å². The standard InChI is InChI=1S/C13H17N2O/c16-15-9-12(14-10-5-1-2-6-10)11-7-3-4-8-13(11)15/h3-4,7-8,10,12,14H,1-2,5-6,9H2/q-1. The molecule has 16 heavy (non-hydrogen) atoms. The Bertz CT molecular complexity index is 374. The summed E-state index contributed by atoms with van der Waals surface area (Å²) in [6.45, 7) is 0.565. The van der Waals surface area contributed by atoms with Gasteiger partial charge in [-0.05, 0) is 24.5 Å². The minimum atomic E-state index is 0.233. The Hall–Kier alpha value is -1.06. The van der Waals surface area contributed by atoms with E-state index in [1.54, 1.807) is 0 Å². The Morgan fingerprint density at radius 3 is 2.75 bits per heavy atom. The maximum Gasteiger partial charge on any atom is 0.0512 e. The van der Waals surface area contributed by atoms with Gasteiger partial charge in [-0.3, -0.25) is 0 Å². The smallest absolute Gasteiger partial charge is 0.0512 e. The molecule has 0 spiro atoms. The molecule has 1 aromatic carbocycles. The van der Waals surface area contributed by atoms with E-state index < -0.39 is 0 Å². The molecule has 2 aliphatic rings. The topological polar surface area (TPSA) is 38.3 Å². The maximum atomic E-state index is 11.7. The summed E-state index contributed by atoms with van der Waals surface area (Å²) in [7, 11) is 0. The fourth-order valence-corrected chi connectivity index (χ4v) is 2.89. The summed E-state index contributed by atoms with van der Waals surface area (Å²) in [5.74, 6) is 0. The molecule has 3 rings (SSSR count). The lowest BCUT2D eigenvalue weighted by atomic mass is 10.1. The number of fused-ring (bicyclic) bond motifs is 1. The van der Waals surface area contributed by atoms with Crippen molar-refractivity contribution in [2.24, 2.45) is 0 Å². The van der Waals surface area contributed by atoms with E-state index in [2.05, 4.69) is 11.4 Å². The van der Waals surface area contributed by atoms with Crippen LogP contribution >= 0.6 is 0 Å². The van der Waals surface area contributed by atoms with Crippen molar-refractivity contribution in [2.45, 2.75) is 37.8 Å². The first-order valence-electron chi connectivity index (χ1n) is 6.14. The van der Waals surface area contributed by atoms with Gasteiger partial charge in [0.05, 0.1) is 6.04 Å². The molecule has 1 unspecified atom stereocenters. The summed E-state index contributed by atoms with van der Waals surface area (Å²) >= 11 is 0. The second-order valence-electron chi connectivity index (χ2n) is 4.82. The Morgan fingerprint density at radius 2 is 1.94 bits per heavy atom. The largest absolute Gasteiger partial charge is 0.758 e.